The highest BCUT2D eigenvalue weighted by Crippen LogP contribution is 2.16. The van der Waals surface area contributed by atoms with Gasteiger partial charge in [-0.3, -0.25) is 9.69 Å². The molecule has 0 unspecified atom stereocenters. The number of benzene rings is 1. The van der Waals surface area contributed by atoms with Crippen LogP contribution in [0.15, 0.2) is 17.3 Å². The SMILES string of the molecule is CN(CC(=O)OC(C)(C)C)Cc1cc(F)c(F)c(/C(N)=N/O)c1. The van der Waals surface area contributed by atoms with Crippen LogP contribution in [0.4, 0.5) is 8.78 Å². The first-order valence-corrected chi connectivity index (χ1v) is 6.89. The van der Waals surface area contributed by atoms with Crippen molar-refractivity contribution in [3.8, 4) is 0 Å². The van der Waals surface area contributed by atoms with Crippen LogP contribution in [-0.2, 0) is 16.1 Å². The number of ether oxygens (including phenoxy) is 1. The molecule has 1 aromatic rings. The van der Waals surface area contributed by atoms with Crippen LogP contribution in [0.1, 0.15) is 31.9 Å². The minimum Gasteiger partial charge on any atom is -0.459 e. The molecule has 0 atom stereocenters. The van der Waals surface area contributed by atoms with Crippen molar-refractivity contribution in [2.45, 2.75) is 32.9 Å². The van der Waals surface area contributed by atoms with Crippen LogP contribution in [0.3, 0.4) is 0 Å². The topological polar surface area (TPSA) is 88.2 Å². The first-order chi connectivity index (χ1) is 10.5. The van der Waals surface area contributed by atoms with E-state index in [0.29, 0.717) is 5.56 Å². The van der Waals surface area contributed by atoms with Gasteiger partial charge in [-0.25, -0.2) is 8.78 Å². The monoisotopic (exact) mass is 329 g/mol. The van der Waals surface area contributed by atoms with E-state index in [9.17, 15) is 13.6 Å². The molecule has 23 heavy (non-hydrogen) atoms. The van der Waals surface area contributed by atoms with E-state index in [2.05, 4.69) is 5.16 Å². The van der Waals surface area contributed by atoms with Crippen molar-refractivity contribution in [1.82, 2.24) is 4.90 Å². The Hall–Kier alpha value is -2.22. The summed E-state index contributed by atoms with van der Waals surface area (Å²) in [5.74, 6) is -3.27. The third-order valence-corrected chi connectivity index (χ3v) is 2.74. The number of oxime groups is 1. The summed E-state index contributed by atoms with van der Waals surface area (Å²) in [6, 6.07) is 2.26. The van der Waals surface area contributed by atoms with E-state index in [-0.39, 0.29) is 18.7 Å². The van der Waals surface area contributed by atoms with Gasteiger partial charge in [-0.15, -0.1) is 0 Å². The lowest BCUT2D eigenvalue weighted by atomic mass is 10.1. The standard InChI is InChI=1S/C15H21F2N3O3/c1-15(2,3)23-12(21)8-20(4)7-9-5-10(14(18)19-22)13(17)11(16)6-9/h5-6,22H,7-8H2,1-4H3,(H2,18,19). The number of rotatable bonds is 5. The van der Waals surface area contributed by atoms with E-state index < -0.39 is 29.0 Å². The quantitative estimate of drug-likeness (QED) is 0.283. The Morgan fingerprint density at radius 2 is 2.00 bits per heavy atom. The largest absolute Gasteiger partial charge is 0.459 e. The molecule has 6 nitrogen and oxygen atoms in total. The van der Waals surface area contributed by atoms with E-state index in [4.69, 9.17) is 15.7 Å². The Kier molecular flexibility index (Phi) is 6.03. The third-order valence-electron chi connectivity index (χ3n) is 2.74. The fourth-order valence-corrected chi connectivity index (χ4v) is 1.94. The number of esters is 1. The normalized spacial score (nSPS) is 12.6. The van der Waals surface area contributed by atoms with Crippen molar-refractivity contribution < 1.29 is 23.5 Å². The summed E-state index contributed by atoms with van der Waals surface area (Å²) in [6.07, 6.45) is 0. The molecule has 0 aromatic heterocycles. The lowest BCUT2D eigenvalue weighted by molar-refractivity contribution is -0.155. The number of carbonyl (C=O) groups excluding carboxylic acids is 1. The fourth-order valence-electron chi connectivity index (χ4n) is 1.94. The molecule has 1 rings (SSSR count). The van der Waals surface area contributed by atoms with Crippen molar-refractivity contribution in [3.05, 3.63) is 34.9 Å². The second-order valence-electron chi connectivity index (χ2n) is 6.18. The molecule has 0 fully saturated rings. The highest BCUT2D eigenvalue weighted by atomic mass is 19.2. The Morgan fingerprint density at radius 3 is 2.52 bits per heavy atom. The van der Waals surface area contributed by atoms with Crippen LogP contribution in [0.5, 0.6) is 0 Å². The van der Waals surface area contributed by atoms with Crippen LogP contribution in [0.25, 0.3) is 0 Å². The molecule has 0 saturated carbocycles. The lowest BCUT2D eigenvalue weighted by Gasteiger charge is -2.22. The van der Waals surface area contributed by atoms with Crippen molar-refractivity contribution in [3.63, 3.8) is 0 Å². The van der Waals surface area contributed by atoms with Gasteiger partial charge < -0.3 is 15.7 Å². The number of likely N-dealkylation sites (N-methyl/N-ethyl adjacent to an activating group) is 1. The number of nitrogens with zero attached hydrogens (tertiary/aromatic N) is 2. The molecule has 0 aliphatic rings. The van der Waals surface area contributed by atoms with Gasteiger partial charge in [-0.1, -0.05) is 5.16 Å². The maximum Gasteiger partial charge on any atom is 0.320 e. The molecular formula is C15H21F2N3O3. The van der Waals surface area contributed by atoms with Gasteiger partial charge in [0.25, 0.3) is 0 Å². The van der Waals surface area contributed by atoms with Crippen molar-refractivity contribution >= 4 is 11.8 Å². The highest BCUT2D eigenvalue weighted by molar-refractivity contribution is 5.97. The summed E-state index contributed by atoms with van der Waals surface area (Å²) < 4.78 is 32.4. The van der Waals surface area contributed by atoms with E-state index in [1.165, 1.54) is 6.07 Å². The number of carbonyl (C=O) groups is 1. The van der Waals surface area contributed by atoms with Crippen LogP contribution in [-0.4, -0.2) is 41.1 Å². The predicted octanol–water partition coefficient (Wildman–Crippen LogP) is 1.83. The second kappa shape index (κ2) is 7.36. The predicted molar refractivity (Wildman–Crippen MR) is 81.0 cm³/mol. The molecule has 0 heterocycles. The summed E-state index contributed by atoms with van der Waals surface area (Å²) in [5.41, 5.74) is 4.75. The Balaban J connectivity index is 2.85. The number of amidine groups is 1. The zero-order valence-corrected chi connectivity index (χ0v) is 13.6. The average molecular weight is 329 g/mol. The summed E-state index contributed by atoms with van der Waals surface area (Å²) in [7, 11) is 1.63. The smallest absolute Gasteiger partial charge is 0.320 e. The van der Waals surface area contributed by atoms with Gasteiger partial charge in [0.15, 0.2) is 17.5 Å². The van der Waals surface area contributed by atoms with Gasteiger partial charge in [0.2, 0.25) is 0 Å². The Labute approximate surface area is 133 Å². The molecular weight excluding hydrogens is 308 g/mol. The summed E-state index contributed by atoms with van der Waals surface area (Å²) in [5, 5.41) is 11.3. The Bertz CT molecular complexity index is 613. The number of hydrogen-bond acceptors (Lipinski definition) is 5. The molecule has 0 saturated heterocycles. The minimum absolute atomic E-state index is 0.0187. The maximum atomic E-state index is 13.6. The first-order valence-electron chi connectivity index (χ1n) is 6.89. The molecule has 0 radical (unpaired) electrons. The molecule has 0 spiro atoms. The van der Waals surface area contributed by atoms with E-state index in [1.54, 1.807) is 32.7 Å². The third kappa shape index (κ3) is 5.82. The minimum atomic E-state index is -1.20. The number of halogens is 2. The molecule has 0 bridgehead atoms. The van der Waals surface area contributed by atoms with E-state index in [1.807, 2.05) is 0 Å². The molecule has 0 amide bonds. The molecule has 1 aromatic carbocycles. The highest BCUT2D eigenvalue weighted by Gasteiger charge is 2.19. The van der Waals surface area contributed by atoms with E-state index in [0.717, 1.165) is 6.07 Å². The molecule has 3 N–H and O–H groups in total. The molecule has 0 aliphatic heterocycles. The van der Waals surface area contributed by atoms with Gasteiger partial charge >= 0.3 is 5.97 Å². The van der Waals surface area contributed by atoms with Crippen molar-refractivity contribution in [2.24, 2.45) is 10.9 Å². The summed E-state index contributed by atoms with van der Waals surface area (Å²) in [6.45, 7) is 5.40. The van der Waals surface area contributed by atoms with Crippen molar-refractivity contribution in [2.75, 3.05) is 13.6 Å². The second-order valence-corrected chi connectivity index (χ2v) is 6.18. The van der Waals surface area contributed by atoms with Crippen LogP contribution < -0.4 is 5.73 Å². The van der Waals surface area contributed by atoms with Crippen LogP contribution in [0, 0.1) is 11.6 Å². The van der Waals surface area contributed by atoms with Gasteiger partial charge in [0.1, 0.15) is 5.60 Å². The van der Waals surface area contributed by atoms with Crippen LogP contribution >= 0.6 is 0 Å². The zero-order chi connectivity index (χ0) is 17.8. The maximum absolute atomic E-state index is 13.6. The first kappa shape index (κ1) is 18.8. The summed E-state index contributed by atoms with van der Waals surface area (Å²) >= 11 is 0. The van der Waals surface area contributed by atoms with Crippen molar-refractivity contribution in [1.29, 1.82) is 0 Å². The average Bonchev–Trinajstić information content (AvgIpc) is 2.39. The number of nitrogens with two attached hydrogens (primary N) is 1. The zero-order valence-electron chi connectivity index (χ0n) is 13.6. The fraction of sp³-hybridized carbons (Fsp3) is 0.467. The lowest BCUT2D eigenvalue weighted by Crippen LogP contribution is -2.32. The van der Waals surface area contributed by atoms with Gasteiger partial charge in [0, 0.05) is 6.54 Å². The molecule has 128 valence electrons. The molecule has 0 aliphatic carbocycles. The van der Waals surface area contributed by atoms with Gasteiger partial charge in [0.05, 0.1) is 12.1 Å². The molecule has 8 heteroatoms. The number of hydrogen-bond donors (Lipinski definition) is 2. The van der Waals surface area contributed by atoms with Gasteiger partial charge in [-0.05, 0) is 45.5 Å². The van der Waals surface area contributed by atoms with Gasteiger partial charge in [-0.2, -0.15) is 0 Å². The Morgan fingerprint density at radius 1 is 1.39 bits per heavy atom. The summed E-state index contributed by atoms with van der Waals surface area (Å²) in [4.78, 5) is 13.3. The van der Waals surface area contributed by atoms with Crippen LogP contribution in [0.2, 0.25) is 0 Å². The van der Waals surface area contributed by atoms with E-state index >= 15 is 0 Å².